The first kappa shape index (κ1) is 13.1. The molecule has 0 aromatic rings. The molecule has 0 atom stereocenters. The van der Waals surface area contributed by atoms with Gasteiger partial charge in [0.1, 0.15) is 0 Å². The molecular weight excluding hydrogens is 191 g/mol. The van der Waals surface area contributed by atoms with Gasteiger partial charge in [-0.3, -0.25) is 0 Å². The first-order valence-corrected chi connectivity index (χ1v) is 4.24. The van der Waals surface area contributed by atoms with Crippen molar-refractivity contribution < 1.29 is 23.4 Å². The zero-order chi connectivity index (χ0) is 11.0. The van der Waals surface area contributed by atoms with E-state index in [9.17, 15) is 9.18 Å². The van der Waals surface area contributed by atoms with Crippen LogP contribution in [0.1, 0.15) is 13.3 Å². The van der Waals surface area contributed by atoms with Crippen molar-refractivity contribution in [1.29, 1.82) is 0 Å². The molecule has 0 bridgehead atoms. The summed E-state index contributed by atoms with van der Waals surface area (Å²) in [5, 5.41) is 0. The standard InChI is InChI=1S/C9H15FO4/c1-4-14-9(11)7(10)5-6-8(12-2)13-3/h5,8H,4,6H2,1-3H3/b7-5-. The average molecular weight is 206 g/mol. The van der Waals surface area contributed by atoms with E-state index in [0.29, 0.717) is 0 Å². The Morgan fingerprint density at radius 2 is 2.00 bits per heavy atom. The van der Waals surface area contributed by atoms with Gasteiger partial charge < -0.3 is 14.2 Å². The molecule has 82 valence electrons. The number of hydrogen-bond donors (Lipinski definition) is 0. The van der Waals surface area contributed by atoms with E-state index in [1.54, 1.807) is 6.92 Å². The summed E-state index contributed by atoms with van der Waals surface area (Å²) < 4.78 is 26.9. The molecule has 0 spiro atoms. The largest absolute Gasteiger partial charge is 0.461 e. The second-order valence-corrected chi connectivity index (χ2v) is 2.41. The summed E-state index contributed by atoms with van der Waals surface area (Å²) in [5.41, 5.74) is 0. The molecule has 0 aromatic heterocycles. The Bertz CT molecular complexity index is 199. The Kier molecular flexibility index (Phi) is 6.96. The Hall–Kier alpha value is -0.940. The first-order valence-electron chi connectivity index (χ1n) is 4.24. The average Bonchev–Trinajstić information content (AvgIpc) is 2.19. The molecule has 0 radical (unpaired) electrons. The van der Waals surface area contributed by atoms with Gasteiger partial charge in [-0.25, -0.2) is 4.79 Å². The van der Waals surface area contributed by atoms with Crippen LogP contribution in [0.4, 0.5) is 4.39 Å². The molecule has 0 rings (SSSR count). The number of halogens is 1. The Morgan fingerprint density at radius 1 is 1.43 bits per heavy atom. The van der Waals surface area contributed by atoms with E-state index in [-0.39, 0.29) is 13.0 Å². The predicted octanol–water partition coefficient (Wildman–Crippen LogP) is 1.41. The van der Waals surface area contributed by atoms with Crippen molar-refractivity contribution in [3.8, 4) is 0 Å². The Balaban J connectivity index is 4.03. The van der Waals surface area contributed by atoms with Crippen LogP contribution in [-0.4, -0.2) is 33.1 Å². The van der Waals surface area contributed by atoms with Gasteiger partial charge in [0.05, 0.1) is 6.61 Å². The molecule has 0 saturated heterocycles. The summed E-state index contributed by atoms with van der Waals surface area (Å²) in [6, 6.07) is 0. The van der Waals surface area contributed by atoms with Gasteiger partial charge in [0.25, 0.3) is 0 Å². The van der Waals surface area contributed by atoms with E-state index in [2.05, 4.69) is 4.74 Å². The zero-order valence-electron chi connectivity index (χ0n) is 8.58. The third-order valence-corrected chi connectivity index (χ3v) is 1.49. The van der Waals surface area contributed by atoms with Crippen LogP contribution in [-0.2, 0) is 19.0 Å². The molecule has 0 N–H and O–H groups in total. The molecule has 0 aliphatic heterocycles. The minimum Gasteiger partial charge on any atom is -0.461 e. The van der Waals surface area contributed by atoms with E-state index in [1.807, 2.05) is 0 Å². The maximum atomic E-state index is 12.9. The number of esters is 1. The van der Waals surface area contributed by atoms with E-state index < -0.39 is 18.1 Å². The summed E-state index contributed by atoms with van der Waals surface area (Å²) >= 11 is 0. The van der Waals surface area contributed by atoms with Crippen LogP contribution < -0.4 is 0 Å². The highest BCUT2D eigenvalue weighted by atomic mass is 19.1. The van der Waals surface area contributed by atoms with Crippen molar-refractivity contribution in [3.63, 3.8) is 0 Å². The SMILES string of the molecule is CCOC(=O)/C(F)=C/CC(OC)OC. The molecular formula is C9H15FO4. The fourth-order valence-corrected chi connectivity index (χ4v) is 0.772. The highest BCUT2D eigenvalue weighted by Crippen LogP contribution is 2.06. The maximum absolute atomic E-state index is 12.9. The van der Waals surface area contributed by atoms with Gasteiger partial charge in [-0.2, -0.15) is 4.39 Å². The summed E-state index contributed by atoms with van der Waals surface area (Å²) in [6.45, 7) is 1.76. The highest BCUT2D eigenvalue weighted by molar-refractivity contribution is 5.85. The van der Waals surface area contributed by atoms with Gasteiger partial charge >= 0.3 is 5.97 Å². The van der Waals surface area contributed by atoms with Crippen molar-refractivity contribution in [1.82, 2.24) is 0 Å². The van der Waals surface area contributed by atoms with Crippen LogP contribution >= 0.6 is 0 Å². The van der Waals surface area contributed by atoms with Gasteiger partial charge in [-0.05, 0) is 13.0 Å². The van der Waals surface area contributed by atoms with E-state index in [4.69, 9.17) is 9.47 Å². The van der Waals surface area contributed by atoms with Crippen molar-refractivity contribution in [2.45, 2.75) is 19.6 Å². The molecule has 4 nitrogen and oxygen atoms in total. The number of ether oxygens (including phenoxy) is 3. The van der Waals surface area contributed by atoms with Crippen LogP contribution in [0.25, 0.3) is 0 Å². The molecule has 0 amide bonds. The van der Waals surface area contributed by atoms with E-state index in [0.717, 1.165) is 6.08 Å². The minimum absolute atomic E-state index is 0.151. The molecule has 0 aliphatic carbocycles. The minimum atomic E-state index is -0.960. The van der Waals surface area contributed by atoms with E-state index in [1.165, 1.54) is 14.2 Å². The van der Waals surface area contributed by atoms with Crippen molar-refractivity contribution >= 4 is 5.97 Å². The molecule has 0 saturated carbocycles. The predicted molar refractivity (Wildman–Crippen MR) is 48.2 cm³/mol. The first-order chi connectivity index (χ1) is 6.65. The summed E-state index contributed by atoms with van der Waals surface area (Å²) in [5.74, 6) is -1.88. The van der Waals surface area contributed by atoms with E-state index >= 15 is 0 Å². The quantitative estimate of drug-likeness (QED) is 0.374. The number of methoxy groups -OCH3 is 2. The fourth-order valence-electron chi connectivity index (χ4n) is 0.772. The lowest BCUT2D eigenvalue weighted by Gasteiger charge is -2.09. The molecule has 0 unspecified atom stereocenters. The molecule has 0 fully saturated rings. The zero-order valence-corrected chi connectivity index (χ0v) is 8.58. The lowest BCUT2D eigenvalue weighted by molar-refractivity contribution is -0.140. The monoisotopic (exact) mass is 206 g/mol. The van der Waals surface area contributed by atoms with Crippen LogP contribution in [0.2, 0.25) is 0 Å². The van der Waals surface area contributed by atoms with Crippen LogP contribution in [0.5, 0.6) is 0 Å². The number of carbonyl (C=O) groups is 1. The normalized spacial score (nSPS) is 11.9. The second kappa shape index (κ2) is 7.46. The summed E-state index contributed by atoms with van der Waals surface area (Å²) in [6.07, 6.45) is 0.697. The fraction of sp³-hybridized carbons (Fsp3) is 0.667. The van der Waals surface area contributed by atoms with Crippen LogP contribution in [0.15, 0.2) is 11.9 Å². The topological polar surface area (TPSA) is 44.8 Å². The molecule has 0 aromatic carbocycles. The number of hydrogen-bond acceptors (Lipinski definition) is 4. The Morgan fingerprint density at radius 3 is 2.43 bits per heavy atom. The third kappa shape index (κ3) is 4.94. The molecule has 5 heteroatoms. The second-order valence-electron chi connectivity index (χ2n) is 2.41. The van der Waals surface area contributed by atoms with Crippen LogP contribution in [0, 0.1) is 0 Å². The van der Waals surface area contributed by atoms with Gasteiger partial charge in [0, 0.05) is 20.6 Å². The smallest absolute Gasteiger partial charge is 0.366 e. The lowest BCUT2D eigenvalue weighted by Crippen LogP contribution is -2.12. The van der Waals surface area contributed by atoms with Gasteiger partial charge in [0.2, 0.25) is 5.83 Å². The number of rotatable bonds is 6. The highest BCUT2D eigenvalue weighted by Gasteiger charge is 2.10. The lowest BCUT2D eigenvalue weighted by atomic mass is 10.3. The summed E-state index contributed by atoms with van der Waals surface area (Å²) in [7, 11) is 2.87. The summed E-state index contributed by atoms with van der Waals surface area (Å²) in [4.78, 5) is 10.8. The van der Waals surface area contributed by atoms with Gasteiger partial charge in [-0.15, -0.1) is 0 Å². The van der Waals surface area contributed by atoms with Gasteiger partial charge in [0.15, 0.2) is 6.29 Å². The van der Waals surface area contributed by atoms with Gasteiger partial charge in [-0.1, -0.05) is 0 Å². The molecule has 0 heterocycles. The van der Waals surface area contributed by atoms with Crippen molar-refractivity contribution in [2.75, 3.05) is 20.8 Å². The third-order valence-electron chi connectivity index (χ3n) is 1.49. The maximum Gasteiger partial charge on any atom is 0.366 e. The van der Waals surface area contributed by atoms with Crippen molar-refractivity contribution in [3.05, 3.63) is 11.9 Å². The Labute approximate surface area is 82.6 Å². The van der Waals surface area contributed by atoms with Crippen LogP contribution in [0.3, 0.4) is 0 Å². The molecule has 14 heavy (non-hydrogen) atoms. The molecule has 0 aliphatic rings. The number of carbonyl (C=O) groups excluding carboxylic acids is 1. The van der Waals surface area contributed by atoms with Crippen molar-refractivity contribution in [2.24, 2.45) is 0 Å².